The van der Waals surface area contributed by atoms with Crippen molar-refractivity contribution < 1.29 is 19.5 Å². The maximum atomic E-state index is 12.0. The number of carboxylic acids is 1. The van der Waals surface area contributed by atoms with Gasteiger partial charge in [-0.1, -0.05) is 23.2 Å². The average molecular weight is 365 g/mol. The van der Waals surface area contributed by atoms with Crippen molar-refractivity contribution in [1.82, 2.24) is 5.32 Å². The highest BCUT2D eigenvalue weighted by molar-refractivity contribution is 7.99. The van der Waals surface area contributed by atoms with Gasteiger partial charge in [-0.05, 0) is 18.2 Å². The zero-order valence-electron chi connectivity index (χ0n) is 11.3. The van der Waals surface area contributed by atoms with Gasteiger partial charge in [0, 0.05) is 33.5 Å². The summed E-state index contributed by atoms with van der Waals surface area (Å²) in [7, 11) is 0. The van der Waals surface area contributed by atoms with Crippen LogP contribution in [0.25, 0.3) is 0 Å². The first kappa shape index (κ1) is 18.6. The minimum absolute atomic E-state index is 0.114. The number of rotatable bonds is 8. The number of amides is 2. The van der Waals surface area contributed by atoms with E-state index in [9.17, 15) is 14.4 Å². The van der Waals surface area contributed by atoms with E-state index in [1.54, 1.807) is 0 Å². The Morgan fingerprint density at radius 2 is 1.82 bits per heavy atom. The third-order valence-corrected chi connectivity index (χ3v) is 4.00. The van der Waals surface area contributed by atoms with Gasteiger partial charge in [0.15, 0.2) is 0 Å². The summed E-state index contributed by atoms with van der Waals surface area (Å²) in [5.41, 5.74) is 5.16. The fourth-order valence-electron chi connectivity index (χ4n) is 1.48. The summed E-state index contributed by atoms with van der Waals surface area (Å²) in [4.78, 5) is 33.8. The molecular formula is C13H14Cl2N2O4S. The molecule has 120 valence electrons. The number of carboxylic acid groups (broad SMARTS) is 1. The van der Waals surface area contributed by atoms with Gasteiger partial charge in [0.2, 0.25) is 5.91 Å². The molecule has 0 aromatic heterocycles. The number of halogens is 2. The van der Waals surface area contributed by atoms with Crippen LogP contribution in [0.3, 0.4) is 0 Å². The Kier molecular flexibility index (Phi) is 7.50. The van der Waals surface area contributed by atoms with Gasteiger partial charge in [0.25, 0.3) is 5.91 Å². The fourth-order valence-corrected chi connectivity index (χ4v) is 2.97. The second-order valence-electron chi connectivity index (χ2n) is 4.31. The summed E-state index contributed by atoms with van der Waals surface area (Å²) in [5, 5.41) is 12.1. The van der Waals surface area contributed by atoms with Crippen molar-refractivity contribution in [2.24, 2.45) is 5.73 Å². The molecule has 22 heavy (non-hydrogen) atoms. The van der Waals surface area contributed by atoms with Crippen LogP contribution in [-0.4, -0.2) is 40.4 Å². The molecule has 4 N–H and O–H groups in total. The highest BCUT2D eigenvalue weighted by Gasteiger charge is 2.21. The smallest absolute Gasteiger partial charge is 0.327 e. The van der Waals surface area contributed by atoms with Crippen molar-refractivity contribution >= 4 is 52.7 Å². The van der Waals surface area contributed by atoms with Crippen LogP contribution >= 0.6 is 35.0 Å². The Labute approximate surface area is 141 Å². The quantitative estimate of drug-likeness (QED) is 0.609. The van der Waals surface area contributed by atoms with E-state index < -0.39 is 23.8 Å². The molecule has 1 unspecified atom stereocenters. The number of aliphatic carboxylic acids is 1. The summed E-state index contributed by atoms with van der Waals surface area (Å²) in [6.07, 6.45) is 0.148. The van der Waals surface area contributed by atoms with Gasteiger partial charge in [0.05, 0.1) is 0 Å². The van der Waals surface area contributed by atoms with Crippen molar-refractivity contribution in [3.63, 3.8) is 0 Å². The van der Waals surface area contributed by atoms with Gasteiger partial charge in [-0.2, -0.15) is 11.8 Å². The second kappa shape index (κ2) is 8.87. The predicted molar refractivity (Wildman–Crippen MR) is 86.5 cm³/mol. The van der Waals surface area contributed by atoms with Gasteiger partial charge < -0.3 is 16.2 Å². The monoisotopic (exact) mass is 364 g/mol. The molecule has 0 radical (unpaired) electrons. The standard InChI is InChI=1S/C13H14Cl2N2O4S/c14-8-3-7(4-9(15)5-8)12(19)17-10(13(20)21)6-22-2-1-11(16)18/h3-5,10H,1-2,6H2,(H2,16,18)(H,17,19)(H,20,21). The van der Waals surface area contributed by atoms with Crippen LogP contribution in [0.15, 0.2) is 18.2 Å². The minimum Gasteiger partial charge on any atom is -0.480 e. The van der Waals surface area contributed by atoms with Crippen LogP contribution in [0.2, 0.25) is 10.0 Å². The highest BCUT2D eigenvalue weighted by Crippen LogP contribution is 2.19. The maximum absolute atomic E-state index is 12.0. The number of nitrogens with two attached hydrogens (primary N) is 1. The first-order valence-electron chi connectivity index (χ1n) is 6.15. The Bertz CT molecular complexity index is 563. The van der Waals surface area contributed by atoms with Crippen molar-refractivity contribution in [2.75, 3.05) is 11.5 Å². The molecule has 0 spiro atoms. The molecule has 1 rings (SSSR count). The molecule has 0 aliphatic heterocycles. The van der Waals surface area contributed by atoms with Crippen molar-refractivity contribution in [1.29, 1.82) is 0 Å². The third-order valence-electron chi connectivity index (χ3n) is 2.51. The number of carbonyl (C=O) groups is 3. The minimum atomic E-state index is -1.17. The molecule has 0 saturated carbocycles. The third kappa shape index (κ3) is 6.55. The fraction of sp³-hybridized carbons (Fsp3) is 0.308. The van der Waals surface area contributed by atoms with Gasteiger partial charge in [-0.3, -0.25) is 9.59 Å². The summed E-state index contributed by atoms with van der Waals surface area (Å²) >= 11 is 12.8. The van der Waals surface area contributed by atoms with Gasteiger partial charge in [-0.25, -0.2) is 4.79 Å². The largest absolute Gasteiger partial charge is 0.480 e. The van der Waals surface area contributed by atoms with E-state index >= 15 is 0 Å². The zero-order chi connectivity index (χ0) is 16.7. The van der Waals surface area contributed by atoms with Gasteiger partial charge in [0.1, 0.15) is 6.04 Å². The summed E-state index contributed by atoms with van der Waals surface area (Å²) in [5.74, 6) is -1.72. The number of hydrogen-bond acceptors (Lipinski definition) is 4. The van der Waals surface area contributed by atoms with E-state index in [2.05, 4.69) is 5.32 Å². The molecule has 0 aliphatic carbocycles. The van der Waals surface area contributed by atoms with Crippen LogP contribution in [0.1, 0.15) is 16.8 Å². The number of hydrogen-bond donors (Lipinski definition) is 3. The summed E-state index contributed by atoms with van der Waals surface area (Å²) in [6, 6.07) is 3.15. The van der Waals surface area contributed by atoms with Crippen LogP contribution in [0, 0.1) is 0 Å². The Hall–Kier alpha value is -1.44. The number of primary amides is 1. The second-order valence-corrected chi connectivity index (χ2v) is 6.34. The molecule has 9 heteroatoms. The van der Waals surface area contributed by atoms with Crippen molar-refractivity contribution in [3.05, 3.63) is 33.8 Å². The number of thioether (sulfide) groups is 1. The van der Waals surface area contributed by atoms with E-state index in [-0.39, 0.29) is 27.8 Å². The lowest BCUT2D eigenvalue weighted by Gasteiger charge is -2.14. The Balaban J connectivity index is 2.64. The first-order chi connectivity index (χ1) is 10.3. The van der Waals surface area contributed by atoms with Gasteiger partial charge >= 0.3 is 5.97 Å². The van der Waals surface area contributed by atoms with E-state index in [4.69, 9.17) is 34.0 Å². The van der Waals surface area contributed by atoms with Crippen LogP contribution < -0.4 is 11.1 Å². The Morgan fingerprint density at radius 3 is 2.32 bits per heavy atom. The number of carbonyl (C=O) groups excluding carboxylic acids is 2. The molecular weight excluding hydrogens is 351 g/mol. The normalized spacial score (nSPS) is 11.7. The van der Waals surface area contributed by atoms with Gasteiger partial charge in [-0.15, -0.1) is 0 Å². The first-order valence-corrected chi connectivity index (χ1v) is 8.06. The van der Waals surface area contributed by atoms with Crippen LogP contribution in [0.5, 0.6) is 0 Å². The molecule has 1 atom stereocenters. The lowest BCUT2D eigenvalue weighted by Crippen LogP contribution is -2.42. The molecule has 0 bridgehead atoms. The summed E-state index contributed by atoms with van der Waals surface area (Å²) in [6.45, 7) is 0. The predicted octanol–water partition coefficient (Wildman–Crippen LogP) is 1.78. The molecule has 1 aromatic carbocycles. The van der Waals surface area contributed by atoms with Crippen LogP contribution in [-0.2, 0) is 9.59 Å². The molecule has 1 aromatic rings. The van der Waals surface area contributed by atoms with Crippen LogP contribution in [0.4, 0.5) is 0 Å². The number of benzene rings is 1. The van der Waals surface area contributed by atoms with Crippen molar-refractivity contribution in [2.45, 2.75) is 12.5 Å². The molecule has 6 nitrogen and oxygen atoms in total. The van der Waals surface area contributed by atoms with E-state index in [1.165, 1.54) is 30.0 Å². The molecule has 0 saturated heterocycles. The lowest BCUT2D eigenvalue weighted by atomic mass is 10.2. The molecule has 0 heterocycles. The highest BCUT2D eigenvalue weighted by atomic mass is 35.5. The average Bonchev–Trinajstić information content (AvgIpc) is 2.40. The molecule has 2 amide bonds. The molecule has 0 aliphatic rings. The van der Waals surface area contributed by atoms with Crippen molar-refractivity contribution in [3.8, 4) is 0 Å². The van der Waals surface area contributed by atoms with E-state index in [1.807, 2.05) is 0 Å². The van der Waals surface area contributed by atoms with E-state index in [0.717, 1.165) is 0 Å². The zero-order valence-corrected chi connectivity index (χ0v) is 13.7. The maximum Gasteiger partial charge on any atom is 0.327 e. The molecule has 0 fully saturated rings. The van der Waals surface area contributed by atoms with E-state index in [0.29, 0.717) is 5.75 Å². The number of nitrogens with one attached hydrogen (secondary N) is 1. The summed E-state index contributed by atoms with van der Waals surface area (Å²) < 4.78 is 0. The topological polar surface area (TPSA) is 109 Å². The lowest BCUT2D eigenvalue weighted by molar-refractivity contribution is -0.138. The Morgan fingerprint density at radius 1 is 1.23 bits per heavy atom. The SMILES string of the molecule is NC(=O)CCSCC(NC(=O)c1cc(Cl)cc(Cl)c1)C(=O)O.